The lowest BCUT2D eigenvalue weighted by atomic mass is 9.99. The molecule has 0 atom stereocenters. The van der Waals surface area contributed by atoms with Crippen LogP contribution in [0.2, 0.25) is 0 Å². The molecule has 3 N–H and O–H groups in total. The summed E-state index contributed by atoms with van der Waals surface area (Å²) in [6.07, 6.45) is -2.81. The molecule has 0 saturated carbocycles. The molecule has 0 bridgehead atoms. The third-order valence-electron chi connectivity index (χ3n) is 4.52. The maximum Gasteiger partial charge on any atom is 0.416 e. The van der Waals surface area contributed by atoms with Crippen molar-refractivity contribution in [3.63, 3.8) is 0 Å². The average Bonchev–Trinajstić information content (AvgIpc) is 3.07. The van der Waals surface area contributed by atoms with E-state index < -0.39 is 17.6 Å². The number of aryl methyl sites for hydroxylation is 1. The van der Waals surface area contributed by atoms with Crippen LogP contribution in [-0.2, 0) is 6.18 Å². The highest BCUT2D eigenvalue weighted by atomic mass is 32.1. The van der Waals surface area contributed by atoms with Crippen LogP contribution in [0.1, 0.15) is 21.5 Å². The Kier molecular flexibility index (Phi) is 4.90. The highest BCUT2D eigenvalue weighted by Crippen LogP contribution is 2.32. The monoisotopic (exact) mass is 428 g/mol. The van der Waals surface area contributed by atoms with Crippen molar-refractivity contribution in [2.24, 2.45) is 0 Å². The number of nitrogens with zero attached hydrogens (tertiary/aromatic N) is 2. The third-order valence-corrected chi connectivity index (χ3v) is 5.33. The summed E-state index contributed by atoms with van der Waals surface area (Å²) in [6.45, 7) is 1.89. The van der Waals surface area contributed by atoms with E-state index in [1.54, 1.807) is 24.4 Å². The summed E-state index contributed by atoms with van der Waals surface area (Å²) in [5.74, 6) is -0.512. The second-order valence-corrected chi connectivity index (χ2v) is 7.67. The Balaban J connectivity index is 1.64. The zero-order chi connectivity index (χ0) is 21.5. The molecule has 0 aliphatic rings. The predicted molar refractivity (Wildman–Crippen MR) is 111 cm³/mol. The Labute approximate surface area is 173 Å². The first-order valence-electron chi connectivity index (χ1n) is 8.82. The number of alkyl halides is 3. The van der Waals surface area contributed by atoms with Crippen LogP contribution in [0.4, 0.5) is 24.0 Å². The molecule has 0 aliphatic carbocycles. The number of aromatic nitrogens is 2. The van der Waals surface area contributed by atoms with Crippen molar-refractivity contribution in [2.75, 3.05) is 11.1 Å². The van der Waals surface area contributed by atoms with E-state index in [2.05, 4.69) is 15.3 Å². The number of pyridine rings is 1. The van der Waals surface area contributed by atoms with E-state index in [0.717, 1.165) is 28.8 Å². The van der Waals surface area contributed by atoms with Gasteiger partial charge < -0.3 is 11.1 Å². The van der Waals surface area contributed by atoms with Crippen LogP contribution in [0.5, 0.6) is 0 Å². The van der Waals surface area contributed by atoms with E-state index in [-0.39, 0.29) is 5.69 Å². The number of amides is 1. The Morgan fingerprint density at radius 3 is 2.70 bits per heavy atom. The SMILES string of the molecule is Cc1ccc(C(=O)Nc2cccc(C(F)(F)F)c2)cc1-c1cnc2sc(N)nc2c1. The van der Waals surface area contributed by atoms with Crippen molar-refractivity contribution < 1.29 is 18.0 Å². The lowest BCUT2D eigenvalue weighted by Crippen LogP contribution is -2.13. The number of rotatable bonds is 3. The summed E-state index contributed by atoms with van der Waals surface area (Å²) in [5, 5.41) is 2.94. The molecule has 0 radical (unpaired) electrons. The third kappa shape index (κ3) is 3.97. The van der Waals surface area contributed by atoms with Crippen LogP contribution in [0.25, 0.3) is 21.5 Å². The van der Waals surface area contributed by atoms with E-state index in [1.165, 1.54) is 23.5 Å². The minimum absolute atomic E-state index is 0.0676. The molecule has 2 aromatic carbocycles. The van der Waals surface area contributed by atoms with Crippen molar-refractivity contribution in [1.82, 2.24) is 9.97 Å². The van der Waals surface area contributed by atoms with Crippen LogP contribution >= 0.6 is 11.3 Å². The quantitative estimate of drug-likeness (QED) is 0.450. The number of anilines is 2. The van der Waals surface area contributed by atoms with Gasteiger partial charge in [-0.25, -0.2) is 9.97 Å². The van der Waals surface area contributed by atoms with Gasteiger partial charge in [-0.05, 0) is 54.4 Å². The van der Waals surface area contributed by atoms with Gasteiger partial charge in [-0.1, -0.05) is 23.5 Å². The lowest BCUT2D eigenvalue weighted by molar-refractivity contribution is -0.137. The standard InChI is InChI=1S/C21H15F3N4OS/c1-11-5-6-12(18(29)27-15-4-2-3-14(9-15)21(22,23)24)7-16(11)13-8-17-19(26-10-13)30-20(25)28-17/h2-10H,1H3,(H2,25,28)(H,27,29). The minimum Gasteiger partial charge on any atom is -0.375 e. The van der Waals surface area contributed by atoms with Gasteiger partial charge in [0, 0.05) is 23.0 Å². The number of halogens is 3. The lowest BCUT2D eigenvalue weighted by Gasteiger charge is -2.11. The first-order chi connectivity index (χ1) is 14.2. The molecule has 2 heterocycles. The molecule has 5 nitrogen and oxygen atoms in total. The van der Waals surface area contributed by atoms with Crippen molar-refractivity contribution in [3.05, 3.63) is 71.4 Å². The Morgan fingerprint density at radius 1 is 1.13 bits per heavy atom. The van der Waals surface area contributed by atoms with Crippen molar-refractivity contribution in [3.8, 4) is 11.1 Å². The van der Waals surface area contributed by atoms with E-state index in [9.17, 15) is 18.0 Å². The van der Waals surface area contributed by atoms with Crippen molar-refractivity contribution in [1.29, 1.82) is 0 Å². The fourth-order valence-corrected chi connectivity index (χ4v) is 3.69. The number of benzene rings is 2. The number of hydrogen-bond donors (Lipinski definition) is 2. The molecule has 9 heteroatoms. The fourth-order valence-electron chi connectivity index (χ4n) is 3.04. The largest absolute Gasteiger partial charge is 0.416 e. The van der Waals surface area contributed by atoms with Gasteiger partial charge in [-0.15, -0.1) is 0 Å². The molecular weight excluding hydrogens is 413 g/mol. The number of carbonyl (C=O) groups excluding carboxylic acids is 1. The Morgan fingerprint density at radius 2 is 1.93 bits per heavy atom. The van der Waals surface area contributed by atoms with Gasteiger partial charge in [-0.3, -0.25) is 4.79 Å². The molecule has 30 heavy (non-hydrogen) atoms. The highest BCUT2D eigenvalue weighted by molar-refractivity contribution is 7.21. The zero-order valence-corrected chi connectivity index (χ0v) is 16.4. The second-order valence-electron chi connectivity index (χ2n) is 6.66. The van der Waals surface area contributed by atoms with E-state index in [1.807, 2.05) is 13.0 Å². The molecule has 152 valence electrons. The summed E-state index contributed by atoms with van der Waals surface area (Å²) < 4.78 is 38.7. The number of nitrogens with one attached hydrogen (secondary N) is 1. The molecule has 0 aliphatic heterocycles. The molecule has 2 aromatic heterocycles. The molecule has 1 amide bonds. The topological polar surface area (TPSA) is 80.9 Å². The van der Waals surface area contributed by atoms with Gasteiger partial charge in [0.15, 0.2) is 5.13 Å². The van der Waals surface area contributed by atoms with Gasteiger partial charge in [0.05, 0.1) is 5.56 Å². The van der Waals surface area contributed by atoms with Gasteiger partial charge in [0.1, 0.15) is 10.3 Å². The average molecular weight is 428 g/mol. The first kappa shape index (κ1) is 19.8. The number of nitrogens with two attached hydrogens (primary N) is 1. The maximum absolute atomic E-state index is 12.9. The Bertz CT molecular complexity index is 1270. The van der Waals surface area contributed by atoms with Crippen LogP contribution < -0.4 is 11.1 Å². The molecule has 0 saturated heterocycles. The Hall–Kier alpha value is -3.46. The zero-order valence-electron chi connectivity index (χ0n) is 15.6. The van der Waals surface area contributed by atoms with E-state index in [0.29, 0.717) is 21.0 Å². The molecule has 0 fully saturated rings. The summed E-state index contributed by atoms with van der Waals surface area (Å²) in [4.78, 5) is 22.0. The van der Waals surface area contributed by atoms with Crippen molar-refractivity contribution in [2.45, 2.75) is 13.1 Å². The molecule has 4 aromatic rings. The van der Waals surface area contributed by atoms with Gasteiger partial charge in [0.25, 0.3) is 5.91 Å². The van der Waals surface area contributed by atoms with Gasteiger partial charge >= 0.3 is 6.18 Å². The van der Waals surface area contributed by atoms with Crippen LogP contribution in [0.15, 0.2) is 54.7 Å². The predicted octanol–water partition coefficient (Wildman–Crippen LogP) is 5.52. The summed E-state index contributed by atoms with van der Waals surface area (Å²) in [5.41, 5.74) is 8.39. The van der Waals surface area contributed by atoms with Crippen LogP contribution in [0, 0.1) is 6.92 Å². The fraction of sp³-hybridized carbons (Fsp3) is 0.0952. The minimum atomic E-state index is -4.48. The van der Waals surface area contributed by atoms with Gasteiger partial charge in [0.2, 0.25) is 0 Å². The van der Waals surface area contributed by atoms with E-state index >= 15 is 0 Å². The van der Waals surface area contributed by atoms with Crippen LogP contribution in [-0.4, -0.2) is 15.9 Å². The normalized spacial score (nSPS) is 11.6. The number of hydrogen-bond acceptors (Lipinski definition) is 5. The number of thiazole rings is 1. The molecule has 0 unspecified atom stereocenters. The van der Waals surface area contributed by atoms with E-state index in [4.69, 9.17) is 5.73 Å². The summed E-state index contributed by atoms with van der Waals surface area (Å²) in [6, 6.07) is 11.4. The summed E-state index contributed by atoms with van der Waals surface area (Å²) >= 11 is 1.28. The summed E-state index contributed by atoms with van der Waals surface area (Å²) in [7, 11) is 0. The number of nitrogen functional groups attached to an aromatic ring is 1. The van der Waals surface area contributed by atoms with Crippen molar-refractivity contribution >= 4 is 38.4 Å². The molecule has 4 rings (SSSR count). The number of fused-ring (bicyclic) bond motifs is 1. The number of carbonyl (C=O) groups is 1. The first-order valence-corrected chi connectivity index (χ1v) is 9.64. The maximum atomic E-state index is 12.9. The van der Waals surface area contributed by atoms with Crippen LogP contribution in [0.3, 0.4) is 0 Å². The smallest absolute Gasteiger partial charge is 0.375 e. The highest BCUT2D eigenvalue weighted by Gasteiger charge is 2.30. The van der Waals surface area contributed by atoms with Gasteiger partial charge in [-0.2, -0.15) is 13.2 Å². The molecule has 0 spiro atoms. The second kappa shape index (κ2) is 7.42. The molecular formula is C21H15F3N4OS.